The van der Waals surface area contributed by atoms with Crippen LogP contribution in [-0.2, 0) is 6.42 Å². The van der Waals surface area contributed by atoms with Gasteiger partial charge in [0.05, 0.1) is 11.1 Å². The molecule has 2 heterocycles. The van der Waals surface area contributed by atoms with Gasteiger partial charge in [0, 0.05) is 29.6 Å². The number of nitrogens with one attached hydrogen (secondary N) is 2. The number of fused-ring (bicyclic) bond motifs is 2. The van der Waals surface area contributed by atoms with Crippen LogP contribution in [0.2, 0.25) is 0 Å². The molecule has 0 saturated heterocycles. The molecule has 2 amide bonds. The Bertz CT molecular complexity index is 1120. The molecule has 0 bridgehead atoms. The number of aromatic amines is 1. The summed E-state index contributed by atoms with van der Waals surface area (Å²) in [7, 11) is 0. The minimum atomic E-state index is -0.142. The number of hydrogen-bond acceptors (Lipinski definition) is 3. The summed E-state index contributed by atoms with van der Waals surface area (Å²) >= 11 is 0. The molecule has 2 aliphatic rings. The van der Waals surface area contributed by atoms with E-state index >= 15 is 0 Å². The number of H-pyrrole nitrogens is 1. The lowest BCUT2D eigenvalue weighted by Gasteiger charge is -2.30. The highest BCUT2D eigenvalue weighted by molar-refractivity contribution is 5.94. The molecular formula is C23H24N4O2. The number of rotatable bonds is 2. The van der Waals surface area contributed by atoms with Crippen molar-refractivity contribution < 1.29 is 4.79 Å². The number of amides is 2. The minimum absolute atomic E-state index is 0.00557. The van der Waals surface area contributed by atoms with Gasteiger partial charge in [-0.25, -0.2) is 9.89 Å². The van der Waals surface area contributed by atoms with Crippen LogP contribution in [0.15, 0.2) is 53.3 Å². The lowest BCUT2D eigenvalue weighted by molar-refractivity contribution is 0.237. The molecule has 5 rings (SSSR count). The van der Waals surface area contributed by atoms with Crippen LogP contribution in [0.1, 0.15) is 42.9 Å². The van der Waals surface area contributed by atoms with Crippen molar-refractivity contribution in [3.05, 3.63) is 70.1 Å². The Labute approximate surface area is 168 Å². The van der Waals surface area contributed by atoms with Crippen molar-refractivity contribution in [1.82, 2.24) is 15.5 Å². The van der Waals surface area contributed by atoms with E-state index in [2.05, 4.69) is 21.6 Å². The molecule has 148 valence electrons. The predicted octanol–water partition coefficient (Wildman–Crippen LogP) is 3.72. The van der Waals surface area contributed by atoms with E-state index in [0.29, 0.717) is 11.3 Å². The van der Waals surface area contributed by atoms with E-state index in [1.54, 1.807) is 0 Å². The smallest absolute Gasteiger partial charge is 0.322 e. The van der Waals surface area contributed by atoms with Gasteiger partial charge in [-0.1, -0.05) is 36.4 Å². The molecule has 6 heteroatoms. The average molecular weight is 388 g/mol. The first kappa shape index (κ1) is 17.9. The molecule has 1 aromatic heterocycles. The summed E-state index contributed by atoms with van der Waals surface area (Å²) in [5.74, 6) is 0.303. The van der Waals surface area contributed by atoms with Crippen molar-refractivity contribution in [2.24, 2.45) is 0 Å². The highest BCUT2D eigenvalue weighted by Gasteiger charge is 2.29. The van der Waals surface area contributed by atoms with Gasteiger partial charge in [0.25, 0.3) is 5.56 Å². The molecule has 0 radical (unpaired) electrons. The third-order valence-corrected chi connectivity index (χ3v) is 6.30. The highest BCUT2D eigenvalue weighted by Crippen LogP contribution is 2.35. The van der Waals surface area contributed by atoms with Crippen molar-refractivity contribution in [1.29, 1.82) is 0 Å². The van der Waals surface area contributed by atoms with Gasteiger partial charge in [-0.3, -0.25) is 9.69 Å². The van der Waals surface area contributed by atoms with E-state index in [1.165, 1.54) is 5.56 Å². The predicted molar refractivity (Wildman–Crippen MR) is 113 cm³/mol. The zero-order valence-electron chi connectivity index (χ0n) is 16.2. The number of urea groups is 1. The van der Waals surface area contributed by atoms with Crippen LogP contribution in [0.25, 0.3) is 10.8 Å². The lowest BCUT2D eigenvalue weighted by atomic mass is 9.83. The second kappa shape index (κ2) is 7.35. The number of nitrogens with zero attached hydrogens (tertiary/aromatic N) is 2. The van der Waals surface area contributed by atoms with Crippen LogP contribution >= 0.6 is 0 Å². The molecule has 0 spiro atoms. The second-order valence-electron chi connectivity index (χ2n) is 8.01. The Balaban J connectivity index is 1.25. The van der Waals surface area contributed by atoms with Crippen LogP contribution in [0.5, 0.6) is 0 Å². The van der Waals surface area contributed by atoms with Gasteiger partial charge in [-0.2, -0.15) is 5.10 Å². The van der Waals surface area contributed by atoms with Crippen LogP contribution in [0, 0.1) is 0 Å². The van der Waals surface area contributed by atoms with E-state index in [9.17, 15) is 9.59 Å². The maximum absolute atomic E-state index is 12.8. The van der Waals surface area contributed by atoms with Crippen molar-refractivity contribution in [3.63, 3.8) is 0 Å². The van der Waals surface area contributed by atoms with Crippen molar-refractivity contribution in [2.75, 3.05) is 11.4 Å². The Morgan fingerprint density at radius 1 is 1.00 bits per heavy atom. The fourth-order valence-electron chi connectivity index (χ4n) is 4.76. The Hall–Kier alpha value is -3.15. The molecule has 2 aromatic carbocycles. The molecule has 1 aliphatic heterocycles. The molecule has 3 aromatic rings. The monoisotopic (exact) mass is 388 g/mol. The number of para-hydroxylation sites is 1. The Kier molecular flexibility index (Phi) is 4.54. The van der Waals surface area contributed by atoms with Crippen molar-refractivity contribution in [2.45, 2.75) is 44.1 Å². The Morgan fingerprint density at radius 2 is 1.72 bits per heavy atom. The van der Waals surface area contributed by atoms with Crippen LogP contribution in [0.4, 0.5) is 10.5 Å². The summed E-state index contributed by atoms with van der Waals surface area (Å²) in [5.41, 5.74) is 3.10. The van der Waals surface area contributed by atoms with Gasteiger partial charge in [0.1, 0.15) is 0 Å². The van der Waals surface area contributed by atoms with Gasteiger partial charge < -0.3 is 5.32 Å². The molecule has 1 aliphatic carbocycles. The third kappa shape index (κ3) is 3.28. The van der Waals surface area contributed by atoms with Crippen LogP contribution in [-0.4, -0.2) is 28.8 Å². The SMILES string of the molecule is O=C(NC1CCC(c2n[nH]c(=O)c3ccccc23)CC1)N1CCc2ccccc21. The lowest BCUT2D eigenvalue weighted by Crippen LogP contribution is -2.45. The fourth-order valence-corrected chi connectivity index (χ4v) is 4.76. The summed E-state index contributed by atoms with van der Waals surface area (Å²) in [6.45, 7) is 0.744. The molecular weight excluding hydrogens is 364 g/mol. The standard InChI is InChI=1S/C23H24N4O2/c28-22-19-7-3-2-6-18(19)21(25-26-22)16-9-11-17(12-10-16)24-23(29)27-14-13-15-5-1-4-8-20(15)27/h1-8,16-17H,9-14H2,(H,24,29)(H,26,28). The largest absolute Gasteiger partial charge is 0.335 e. The van der Waals surface area contributed by atoms with Crippen molar-refractivity contribution in [3.8, 4) is 0 Å². The van der Waals surface area contributed by atoms with Gasteiger partial charge in [-0.05, 0) is 49.8 Å². The highest BCUT2D eigenvalue weighted by atomic mass is 16.2. The topological polar surface area (TPSA) is 78.1 Å². The molecule has 1 fully saturated rings. The van der Waals surface area contributed by atoms with Crippen LogP contribution < -0.4 is 15.8 Å². The van der Waals surface area contributed by atoms with Gasteiger partial charge in [0.15, 0.2) is 0 Å². The van der Waals surface area contributed by atoms with Gasteiger partial charge in [-0.15, -0.1) is 0 Å². The number of carbonyl (C=O) groups is 1. The maximum atomic E-state index is 12.8. The van der Waals surface area contributed by atoms with E-state index < -0.39 is 0 Å². The third-order valence-electron chi connectivity index (χ3n) is 6.30. The number of benzene rings is 2. The van der Waals surface area contributed by atoms with Gasteiger partial charge in [0.2, 0.25) is 0 Å². The minimum Gasteiger partial charge on any atom is -0.335 e. The average Bonchev–Trinajstić information content (AvgIpc) is 3.19. The molecule has 29 heavy (non-hydrogen) atoms. The normalized spacial score (nSPS) is 21.2. The second-order valence-corrected chi connectivity index (χ2v) is 8.01. The number of hydrogen-bond donors (Lipinski definition) is 2. The molecule has 1 saturated carbocycles. The quantitative estimate of drug-likeness (QED) is 0.702. The van der Waals surface area contributed by atoms with E-state index in [-0.39, 0.29) is 17.6 Å². The zero-order valence-corrected chi connectivity index (χ0v) is 16.2. The number of aromatic nitrogens is 2. The molecule has 0 unspecified atom stereocenters. The first-order valence-electron chi connectivity index (χ1n) is 10.3. The Morgan fingerprint density at radius 3 is 2.55 bits per heavy atom. The first-order chi connectivity index (χ1) is 14.2. The van der Waals surface area contributed by atoms with E-state index in [1.807, 2.05) is 47.4 Å². The summed E-state index contributed by atoms with van der Waals surface area (Å²) < 4.78 is 0. The zero-order chi connectivity index (χ0) is 19.8. The maximum Gasteiger partial charge on any atom is 0.322 e. The van der Waals surface area contributed by atoms with E-state index in [4.69, 9.17) is 0 Å². The summed E-state index contributed by atoms with van der Waals surface area (Å²) in [4.78, 5) is 26.7. The fraction of sp³-hybridized carbons (Fsp3) is 0.348. The number of carbonyl (C=O) groups excluding carboxylic acids is 1. The van der Waals surface area contributed by atoms with E-state index in [0.717, 1.165) is 55.4 Å². The van der Waals surface area contributed by atoms with Crippen molar-refractivity contribution >= 4 is 22.5 Å². The molecule has 0 atom stereocenters. The first-order valence-corrected chi connectivity index (χ1v) is 10.3. The molecule has 2 N–H and O–H groups in total. The summed E-state index contributed by atoms with van der Waals surface area (Å²) in [6, 6.07) is 16.0. The number of anilines is 1. The van der Waals surface area contributed by atoms with Gasteiger partial charge >= 0.3 is 6.03 Å². The summed E-state index contributed by atoms with van der Waals surface area (Å²) in [5, 5.41) is 11.9. The summed E-state index contributed by atoms with van der Waals surface area (Å²) in [6.07, 6.45) is 4.65. The van der Waals surface area contributed by atoms with Crippen LogP contribution in [0.3, 0.4) is 0 Å². The molecule has 6 nitrogen and oxygen atoms in total.